The summed E-state index contributed by atoms with van der Waals surface area (Å²) in [6.45, 7) is 0.550. The van der Waals surface area contributed by atoms with Crippen molar-refractivity contribution in [2.45, 2.75) is 6.54 Å². The molecule has 0 fully saturated rings. The third-order valence-corrected chi connectivity index (χ3v) is 4.04. The van der Waals surface area contributed by atoms with Crippen LogP contribution in [0.4, 0.5) is 4.39 Å². The predicted octanol–water partition coefficient (Wildman–Crippen LogP) is 2.53. The molecule has 1 amide bonds. The Morgan fingerprint density at radius 2 is 2.00 bits per heavy atom. The Balaban J connectivity index is 1.92. The van der Waals surface area contributed by atoms with Gasteiger partial charge in [0.05, 0.1) is 0 Å². The van der Waals surface area contributed by atoms with Crippen LogP contribution in [0.15, 0.2) is 42.7 Å². The zero-order chi connectivity index (χ0) is 16.0. The van der Waals surface area contributed by atoms with E-state index in [0.29, 0.717) is 23.5 Å². The first-order valence-corrected chi connectivity index (χ1v) is 7.19. The molecular weight excluding hydrogens is 295 g/mol. The lowest BCUT2D eigenvalue weighted by atomic mass is 9.96. The van der Waals surface area contributed by atoms with Gasteiger partial charge in [0.1, 0.15) is 12.1 Å². The van der Waals surface area contributed by atoms with E-state index < -0.39 is 0 Å². The van der Waals surface area contributed by atoms with Crippen molar-refractivity contribution in [3.8, 4) is 22.5 Å². The summed E-state index contributed by atoms with van der Waals surface area (Å²) in [4.78, 5) is 11.9. The standard InChI is InChI=1S/C17H13FN4O/c1-22-9-20-21-16(22)15-7-12(18)4-5-13(15)10-2-3-11-8-19-17(23)14(11)6-10/h2-7,9H,8H2,1H3,(H,19,23). The van der Waals surface area contributed by atoms with Crippen molar-refractivity contribution in [2.24, 2.45) is 7.05 Å². The van der Waals surface area contributed by atoms with Gasteiger partial charge in [-0.15, -0.1) is 10.2 Å². The maximum Gasteiger partial charge on any atom is 0.251 e. The summed E-state index contributed by atoms with van der Waals surface area (Å²) in [5.74, 6) is 0.152. The van der Waals surface area contributed by atoms with Gasteiger partial charge < -0.3 is 9.88 Å². The molecule has 0 bridgehead atoms. The van der Waals surface area contributed by atoms with Gasteiger partial charge in [-0.1, -0.05) is 18.2 Å². The van der Waals surface area contributed by atoms with Crippen molar-refractivity contribution in [3.63, 3.8) is 0 Å². The number of benzene rings is 2. The van der Waals surface area contributed by atoms with Crippen LogP contribution in [-0.2, 0) is 13.6 Å². The molecule has 23 heavy (non-hydrogen) atoms. The number of fused-ring (bicyclic) bond motifs is 1. The van der Waals surface area contributed by atoms with Gasteiger partial charge in [0.25, 0.3) is 5.91 Å². The lowest BCUT2D eigenvalue weighted by Crippen LogP contribution is -2.12. The summed E-state index contributed by atoms with van der Waals surface area (Å²) < 4.78 is 15.5. The second kappa shape index (κ2) is 5.01. The lowest BCUT2D eigenvalue weighted by molar-refractivity contribution is 0.0966. The Labute approximate surface area is 131 Å². The third-order valence-electron chi connectivity index (χ3n) is 4.04. The molecule has 1 N–H and O–H groups in total. The number of halogens is 1. The van der Waals surface area contributed by atoms with E-state index in [-0.39, 0.29) is 11.7 Å². The van der Waals surface area contributed by atoms with Gasteiger partial charge in [0, 0.05) is 24.7 Å². The Bertz CT molecular complexity index is 932. The number of hydrogen-bond donors (Lipinski definition) is 1. The van der Waals surface area contributed by atoms with Gasteiger partial charge in [-0.25, -0.2) is 4.39 Å². The normalized spacial score (nSPS) is 13.0. The summed E-state index contributed by atoms with van der Waals surface area (Å²) in [5.41, 5.74) is 3.93. The zero-order valence-electron chi connectivity index (χ0n) is 12.4. The molecule has 0 unspecified atom stereocenters. The minimum absolute atomic E-state index is 0.0795. The Morgan fingerprint density at radius 3 is 2.78 bits per heavy atom. The highest BCUT2D eigenvalue weighted by atomic mass is 19.1. The molecule has 114 valence electrons. The van der Waals surface area contributed by atoms with E-state index >= 15 is 0 Å². The molecule has 0 saturated heterocycles. The fourth-order valence-corrected chi connectivity index (χ4v) is 2.86. The van der Waals surface area contributed by atoms with Crippen LogP contribution in [-0.4, -0.2) is 20.7 Å². The topological polar surface area (TPSA) is 59.8 Å². The minimum Gasteiger partial charge on any atom is -0.348 e. The average Bonchev–Trinajstić information content (AvgIpc) is 3.13. The molecule has 1 aliphatic heterocycles. The summed E-state index contributed by atoms with van der Waals surface area (Å²) in [7, 11) is 1.81. The van der Waals surface area contributed by atoms with Crippen molar-refractivity contribution < 1.29 is 9.18 Å². The highest BCUT2D eigenvalue weighted by Gasteiger charge is 2.20. The van der Waals surface area contributed by atoms with Gasteiger partial charge in [-0.3, -0.25) is 4.79 Å². The number of nitrogens with one attached hydrogen (secondary N) is 1. The number of carbonyl (C=O) groups is 1. The predicted molar refractivity (Wildman–Crippen MR) is 83.0 cm³/mol. The quantitative estimate of drug-likeness (QED) is 0.791. The molecular formula is C17H13FN4O. The van der Waals surface area contributed by atoms with E-state index in [1.807, 2.05) is 18.2 Å². The molecule has 3 aromatic rings. The van der Waals surface area contributed by atoms with Crippen LogP contribution in [0, 0.1) is 5.82 Å². The Morgan fingerprint density at radius 1 is 1.13 bits per heavy atom. The Kier molecular flexibility index (Phi) is 2.97. The number of carbonyl (C=O) groups excluding carboxylic acids is 1. The highest BCUT2D eigenvalue weighted by molar-refractivity contribution is 6.00. The van der Waals surface area contributed by atoms with Crippen molar-refractivity contribution in [3.05, 3.63) is 59.7 Å². The highest BCUT2D eigenvalue weighted by Crippen LogP contribution is 2.33. The second-order valence-electron chi connectivity index (χ2n) is 5.51. The number of aromatic nitrogens is 3. The van der Waals surface area contributed by atoms with E-state index in [1.54, 1.807) is 24.0 Å². The molecule has 2 heterocycles. The molecule has 4 rings (SSSR count). The van der Waals surface area contributed by atoms with Crippen LogP contribution >= 0.6 is 0 Å². The van der Waals surface area contributed by atoms with Gasteiger partial charge in [0.15, 0.2) is 5.82 Å². The summed E-state index contributed by atoms with van der Waals surface area (Å²) >= 11 is 0. The van der Waals surface area contributed by atoms with Crippen LogP contribution in [0.5, 0.6) is 0 Å². The van der Waals surface area contributed by atoms with E-state index in [2.05, 4.69) is 15.5 Å². The molecule has 1 aromatic heterocycles. The van der Waals surface area contributed by atoms with Crippen molar-refractivity contribution in [2.75, 3.05) is 0 Å². The molecule has 0 radical (unpaired) electrons. The molecule has 0 spiro atoms. The van der Waals surface area contributed by atoms with Crippen molar-refractivity contribution in [1.29, 1.82) is 0 Å². The van der Waals surface area contributed by atoms with Gasteiger partial charge in [-0.2, -0.15) is 0 Å². The number of hydrogen-bond acceptors (Lipinski definition) is 3. The van der Waals surface area contributed by atoms with Crippen LogP contribution in [0.2, 0.25) is 0 Å². The second-order valence-corrected chi connectivity index (χ2v) is 5.51. The SMILES string of the molecule is Cn1cnnc1-c1cc(F)ccc1-c1ccc2c(c1)C(=O)NC2. The van der Waals surface area contributed by atoms with Crippen molar-refractivity contribution in [1.82, 2.24) is 20.1 Å². The molecule has 6 heteroatoms. The largest absolute Gasteiger partial charge is 0.348 e. The van der Waals surface area contributed by atoms with Gasteiger partial charge in [0.2, 0.25) is 0 Å². The van der Waals surface area contributed by atoms with Crippen molar-refractivity contribution >= 4 is 5.91 Å². The molecule has 0 atom stereocenters. The average molecular weight is 308 g/mol. The first kappa shape index (κ1) is 13.6. The van der Waals surface area contributed by atoms with E-state index in [1.165, 1.54) is 12.1 Å². The van der Waals surface area contributed by atoms with Gasteiger partial charge in [-0.05, 0) is 34.9 Å². The van der Waals surface area contributed by atoms with Crippen LogP contribution < -0.4 is 5.32 Å². The number of amides is 1. The minimum atomic E-state index is -0.342. The summed E-state index contributed by atoms with van der Waals surface area (Å²) in [6, 6.07) is 10.2. The molecule has 0 saturated carbocycles. The molecule has 1 aliphatic rings. The van der Waals surface area contributed by atoms with Crippen LogP contribution in [0.1, 0.15) is 15.9 Å². The molecule has 5 nitrogen and oxygen atoms in total. The summed E-state index contributed by atoms with van der Waals surface area (Å²) in [5, 5.41) is 10.7. The number of aryl methyl sites for hydroxylation is 1. The molecule has 2 aromatic carbocycles. The fraction of sp³-hybridized carbons (Fsp3) is 0.118. The maximum atomic E-state index is 13.7. The van der Waals surface area contributed by atoms with Crippen LogP contribution in [0.3, 0.4) is 0 Å². The third kappa shape index (κ3) is 2.19. The smallest absolute Gasteiger partial charge is 0.251 e. The fourth-order valence-electron chi connectivity index (χ4n) is 2.86. The first-order valence-electron chi connectivity index (χ1n) is 7.19. The zero-order valence-corrected chi connectivity index (χ0v) is 12.4. The maximum absolute atomic E-state index is 13.7. The summed E-state index contributed by atoms with van der Waals surface area (Å²) in [6.07, 6.45) is 1.57. The van der Waals surface area contributed by atoms with E-state index in [4.69, 9.17) is 0 Å². The van der Waals surface area contributed by atoms with Crippen LogP contribution in [0.25, 0.3) is 22.5 Å². The van der Waals surface area contributed by atoms with Gasteiger partial charge >= 0.3 is 0 Å². The Hall–Kier alpha value is -3.02. The first-order chi connectivity index (χ1) is 11.1. The monoisotopic (exact) mass is 308 g/mol. The molecule has 0 aliphatic carbocycles. The van der Waals surface area contributed by atoms with E-state index in [0.717, 1.165) is 16.7 Å². The lowest BCUT2D eigenvalue weighted by Gasteiger charge is -2.10. The number of nitrogens with zero attached hydrogens (tertiary/aromatic N) is 3. The van der Waals surface area contributed by atoms with E-state index in [9.17, 15) is 9.18 Å². The number of rotatable bonds is 2.